The first-order valence-corrected chi connectivity index (χ1v) is 8.12. The molecule has 1 amide bonds. The number of pyridine rings is 1. The molecule has 0 radical (unpaired) electrons. The third-order valence-electron chi connectivity index (χ3n) is 3.41. The van der Waals surface area contributed by atoms with Crippen molar-refractivity contribution in [1.29, 1.82) is 0 Å². The first-order chi connectivity index (χ1) is 11.3. The minimum atomic E-state index is -0.148. The maximum Gasteiger partial charge on any atom is 0.257 e. The van der Waals surface area contributed by atoms with Crippen molar-refractivity contribution in [1.82, 2.24) is 10.3 Å². The van der Waals surface area contributed by atoms with Gasteiger partial charge in [0, 0.05) is 29.9 Å². The molecule has 1 aromatic carbocycles. The lowest BCUT2D eigenvalue weighted by Crippen LogP contribution is -2.24. The summed E-state index contributed by atoms with van der Waals surface area (Å²) in [4.78, 5) is 15.5. The summed E-state index contributed by atoms with van der Waals surface area (Å²) in [6.07, 6.45) is 1.82. The van der Waals surface area contributed by atoms with Gasteiger partial charge in [0.15, 0.2) is 6.61 Å². The number of carbonyl (C=O) groups is 1. The van der Waals surface area contributed by atoms with Crippen LogP contribution in [-0.2, 0) is 11.3 Å². The number of fused-ring (bicyclic) bond motifs is 1. The van der Waals surface area contributed by atoms with Gasteiger partial charge in [-0.15, -0.1) is 11.3 Å². The summed E-state index contributed by atoms with van der Waals surface area (Å²) in [7, 11) is 1.59. The largest absolute Gasteiger partial charge is 0.484 e. The number of anilines is 1. The number of likely N-dealkylation sites (N-methyl/N-ethyl adjacent to an activating group) is 1. The molecule has 0 aliphatic rings. The van der Waals surface area contributed by atoms with E-state index in [1.54, 1.807) is 18.4 Å². The van der Waals surface area contributed by atoms with E-state index in [0.29, 0.717) is 12.3 Å². The molecule has 0 saturated heterocycles. The first-order valence-electron chi connectivity index (χ1n) is 7.24. The van der Waals surface area contributed by atoms with Crippen LogP contribution < -0.4 is 15.4 Å². The van der Waals surface area contributed by atoms with Crippen LogP contribution in [0.25, 0.3) is 10.1 Å². The molecule has 0 fully saturated rings. The van der Waals surface area contributed by atoms with Crippen LogP contribution in [0, 0.1) is 0 Å². The van der Waals surface area contributed by atoms with E-state index in [-0.39, 0.29) is 12.5 Å². The van der Waals surface area contributed by atoms with Gasteiger partial charge in [0.1, 0.15) is 11.6 Å². The molecule has 0 bridgehead atoms. The van der Waals surface area contributed by atoms with Gasteiger partial charge >= 0.3 is 0 Å². The van der Waals surface area contributed by atoms with Gasteiger partial charge in [-0.25, -0.2) is 4.98 Å². The van der Waals surface area contributed by atoms with Crippen molar-refractivity contribution < 1.29 is 9.53 Å². The molecule has 0 unspecified atom stereocenters. The zero-order valence-electron chi connectivity index (χ0n) is 12.7. The van der Waals surface area contributed by atoms with Gasteiger partial charge in [-0.3, -0.25) is 4.79 Å². The summed E-state index contributed by atoms with van der Waals surface area (Å²) >= 11 is 1.71. The maximum atomic E-state index is 11.1. The van der Waals surface area contributed by atoms with E-state index in [2.05, 4.69) is 27.1 Å². The number of rotatable bonds is 6. The second-order valence-corrected chi connectivity index (χ2v) is 5.90. The number of aromatic nitrogens is 1. The number of nitrogens with one attached hydrogen (secondary N) is 2. The van der Waals surface area contributed by atoms with E-state index >= 15 is 0 Å². The summed E-state index contributed by atoms with van der Waals surface area (Å²) in [5.41, 5.74) is 1.12. The van der Waals surface area contributed by atoms with Crippen LogP contribution in [0.1, 0.15) is 5.56 Å². The minimum absolute atomic E-state index is 0.0260. The van der Waals surface area contributed by atoms with E-state index in [1.165, 1.54) is 4.70 Å². The molecular formula is C17H17N3O2S. The highest BCUT2D eigenvalue weighted by Crippen LogP contribution is 2.26. The van der Waals surface area contributed by atoms with Gasteiger partial charge in [0.25, 0.3) is 5.91 Å². The Morgan fingerprint density at radius 3 is 2.83 bits per heavy atom. The van der Waals surface area contributed by atoms with Crippen LogP contribution in [0.15, 0.2) is 48.0 Å². The van der Waals surface area contributed by atoms with E-state index in [0.717, 1.165) is 16.8 Å². The van der Waals surface area contributed by atoms with Gasteiger partial charge in [0.05, 0.1) is 0 Å². The van der Waals surface area contributed by atoms with Crippen LogP contribution in [0.4, 0.5) is 5.82 Å². The van der Waals surface area contributed by atoms with Crippen molar-refractivity contribution in [2.24, 2.45) is 0 Å². The molecule has 2 heterocycles. The van der Waals surface area contributed by atoms with Gasteiger partial charge in [-0.05, 0) is 35.2 Å². The van der Waals surface area contributed by atoms with E-state index < -0.39 is 0 Å². The van der Waals surface area contributed by atoms with E-state index in [4.69, 9.17) is 4.74 Å². The molecular weight excluding hydrogens is 310 g/mol. The molecule has 0 atom stereocenters. The van der Waals surface area contributed by atoms with Crippen molar-refractivity contribution in [3.05, 3.63) is 53.5 Å². The van der Waals surface area contributed by atoms with Gasteiger partial charge < -0.3 is 15.4 Å². The summed E-state index contributed by atoms with van der Waals surface area (Å²) < 4.78 is 6.60. The Bertz CT molecular complexity index is 799. The van der Waals surface area contributed by atoms with Gasteiger partial charge in [-0.2, -0.15) is 0 Å². The van der Waals surface area contributed by atoms with E-state index in [1.807, 2.05) is 36.5 Å². The SMILES string of the molecule is CNC(=O)COc1ccc(CNc2nccc3sccc23)cc1. The highest BCUT2D eigenvalue weighted by atomic mass is 32.1. The average Bonchev–Trinajstić information content (AvgIpc) is 3.08. The first kappa shape index (κ1) is 15.3. The number of benzene rings is 1. The van der Waals surface area contributed by atoms with Crippen molar-refractivity contribution in [2.45, 2.75) is 6.54 Å². The number of amides is 1. The molecule has 3 rings (SSSR count). The zero-order valence-corrected chi connectivity index (χ0v) is 13.5. The molecule has 6 heteroatoms. The van der Waals surface area contributed by atoms with Crippen molar-refractivity contribution in [2.75, 3.05) is 19.0 Å². The molecule has 5 nitrogen and oxygen atoms in total. The second-order valence-electron chi connectivity index (χ2n) is 4.95. The van der Waals surface area contributed by atoms with Gasteiger partial charge in [0.2, 0.25) is 0 Å². The fourth-order valence-electron chi connectivity index (χ4n) is 2.15. The fourth-order valence-corrected chi connectivity index (χ4v) is 2.93. The normalized spacial score (nSPS) is 10.5. The Labute approximate surface area is 138 Å². The average molecular weight is 327 g/mol. The van der Waals surface area contributed by atoms with Crippen molar-refractivity contribution in [3.8, 4) is 5.75 Å². The smallest absolute Gasteiger partial charge is 0.257 e. The lowest BCUT2D eigenvalue weighted by Gasteiger charge is -2.08. The summed E-state index contributed by atoms with van der Waals surface area (Å²) in [6, 6.07) is 11.8. The second kappa shape index (κ2) is 7.11. The summed E-state index contributed by atoms with van der Waals surface area (Å²) in [6.45, 7) is 0.704. The third kappa shape index (κ3) is 3.78. The molecule has 3 aromatic rings. The Morgan fingerprint density at radius 1 is 1.22 bits per heavy atom. The maximum absolute atomic E-state index is 11.1. The number of ether oxygens (including phenoxy) is 1. The number of nitrogens with zero attached hydrogens (tertiary/aromatic N) is 1. The summed E-state index contributed by atoms with van der Waals surface area (Å²) in [5, 5.41) is 9.08. The van der Waals surface area contributed by atoms with Gasteiger partial charge in [-0.1, -0.05) is 12.1 Å². The molecule has 0 saturated carbocycles. The predicted molar refractivity (Wildman–Crippen MR) is 93.0 cm³/mol. The number of carbonyl (C=O) groups excluding carboxylic acids is 1. The molecule has 2 aromatic heterocycles. The van der Waals surface area contributed by atoms with Crippen LogP contribution >= 0.6 is 11.3 Å². The molecule has 0 aliphatic carbocycles. The molecule has 118 valence electrons. The monoisotopic (exact) mass is 327 g/mol. The van der Waals surface area contributed by atoms with Crippen LogP contribution in [0.3, 0.4) is 0 Å². The third-order valence-corrected chi connectivity index (χ3v) is 4.29. The molecule has 0 aliphatic heterocycles. The zero-order chi connectivity index (χ0) is 16.1. The number of thiophene rings is 1. The highest BCUT2D eigenvalue weighted by Gasteiger charge is 2.04. The Hall–Kier alpha value is -2.60. The Morgan fingerprint density at radius 2 is 2.04 bits per heavy atom. The Kier molecular flexibility index (Phi) is 4.73. The van der Waals surface area contributed by atoms with Crippen molar-refractivity contribution in [3.63, 3.8) is 0 Å². The summed E-state index contributed by atoms with van der Waals surface area (Å²) in [5.74, 6) is 1.42. The number of hydrogen-bond acceptors (Lipinski definition) is 5. The topological polar surface area (TPSA) is 63.2 Å². The molecule has 0 spiro atoms. The lowest BCUT2D eigenvalue weighted by atomic mass is 10.2. The fraction of sp³-hybridized carbons (Fsp3) is 0.176. The highest BCUT2D eigenvalue weighted by molar-refractivity contribution is 7.17. The standard InChI is InChI=1S/C17H17N3O2S/c1-18-16(21)11-22-13-4-2-12(3-5-13)10-20-17-14-7-9-23-15(14)6-8-19-17/h2-9H,10-11H2,1H3,(H,18,21)(H,19,20). The van der Waals surface area contributed by atoms with Crippen LogP contribution in [0.5, 0.6) is 5.75 Å². The van der Waals surface area contributed by atoms with E-state index in [9.17, 15) is 4.79 Å². The minimum Gasteiger partial charge on any atom is -0.484 e. The molecule has 2 N–H and O–H groups in total. The number of hydrogen-bond donors (Lipinski definition) is 2. The Balaban J connectivity index is 1.60. The predicted octanol–water partition coefficient (Wildman–Crippen LogP) is 3.03. The quantitative estimate of drug-likeness (QED) is 0.730. The van der Waals surface area contributed by atoms with Crippen LogP contribution in [-0.4, -0.2) is 24.5 Å². The molecule has 23 heavy (non-hydrogen) atoms. The van der Waals surface area contributed by atoms with Crippen molar-refractivity contribution >= 4 is 33.1 Å². The lowest BCUT2D eigenvalue weighted by molar-refractivity contribution is -0.122. The van der Waals surface area contributed by atoms with Crippen LogP contribution in [0.2, 0.25) is 0 Å².